The maximum atomic E-state index is 13.0. The molecule has 2 rings (SSSR count). The normalized spacial score (nSPS) is 10.5. The van der Waals surface area contributed by atoms with Gasteiger partial charge in [-0.1, -0.05) is 0 Å². The summed E-state index contributed by atoms with van der Waals surface area (Å²) in [5, 5.41) is 0. The summed E-state index contributed by atoms with van der Waals surface area (Å²) < 4.78 is 20.7. The number of halogens is 1. The Morgan fingerprint density at radius 3 is 2.28 bits per heavy atom. The first-order valence-electron chi connectivity index (χ1n) is 7.45. The van der Waals surface area contributed by atoms with Crippen LogP contribution in [0.5, 0.6) is 5.75 Å². The van der Waals surface area contributed by atoms with Gasteiger partial charge in [0, 0.05) is 18.6 Å². The minimum absolute atomic E-state index is 0. The van der Waals surface area contributed by atoms with Gasteiger partial charge in [0.15, 0.2) is 0 Å². The molecule has 129 valence electrons. The molecule has 0 bridgehead atoms. The topological polar surface area (TPSA) is 12.5 Å². The molecule has 0 aliphatic heterocycles. The molecule has 0 aliphatic rings. The van der Waals surface area contributed by atoms with E-state index in [1.165, 1.54) is 25.9 Å². The van der Waals surface area contributed by atoms with E-state index in [1.54, 1.807) is 4.90 Å². The Morgan fingerprint density at radius 1 is 1.12 bits per heavy atom. The molecular formula is C20H18FNOVW-2. The van der Waals surface area contributed by atoms with Gasteiger partial charge in [-0.25, -0.2) is 0 Å². The first-order valence-corrected chi connectivity index (χ1v) is 9.15. The van der Waals surface area contributed by atoms with Gasteiger partial charge in [0.2, 0.25) is 0 Å². The van der Waals surface area contributed by atoms with Crippen LogP contribution in [0.1, 0.15) is 5.56 Å². The predicted octanol–water partition coefficient (Wildman–Crippen LogP) is 4.25. The molecule has 0 aliphatic carbocycles. The van der Waals surface area contributed by atoms with Crippen LogP contribution in [-0.2, 0) is 44.5 Å². The molecule has 2 aromatic rings. The molecule has 0 spiro atoms. The van der Waals surface area contributed by atoms with Crippen molar-refractivity contribution < 1.29 is 47.0 Å². The van der Waals surface area contributed by atoms with E-state index in [4.69, 9.17) is 11.3 Å². The van der Waals surface area contributed by atoms with Crippen molar-refractivity contribution in [1.29, 1.82) is 0 Å². The van der Waals surface area contributed by atoms with Crippen molar-refractivity contribution in [2.75, 3.05) is 6.67 Å². The van der Waals surface area contributed by atoms with E-state index >= 15 is 0 Å². The fourth-order valence-electron chi connectivity index (χ4n) is 2.10. The summed E-state index contributed by atoms with van der Waals surface area (Å²) in [4.78, 5) is 1.67. The SMILES string of the molecule is [CH-]=C(/C(=C\[CH]=[W])Oc1ccccc1)N([CH-]C[18F])Cc1ccccc1.[V]. The van der Waals surface area contributed by atoms with Gasteiger partial charge in [-0.2, -0.15) is 0 Å². The van der Waals surface area contributed by atoms with Gasteiger partial charge < -0.3 is 0 Å². The number of hydrogen-bond acceptors (Lipinski definition) is 2. The summed E-state index contributed by atoms with van der Waals surface area (Å²) in [6.45, 7) is 7.57. The van der Waals surface area contributed by atoms with Gasteiger partial charge in [0.25, 0.3) is 0 Å². The molecule has 0 heterocycles. The third-order valence-electron chi connectivity index (χ3n) is 3.24. The minimum atomic E-state index is -0.604. The third-order valence-corrected chi connectivity index (χ3v) is 3.73. The van der Waals surface area contributed by atoms with Crippen LogP contribution in [0.3, 0.4) is 0 Å². The van der Waals surface area contributed by atoms with Crippen LogP contribution in [0.2, 0.25) is 0 Å². The summed E-state index contributed by atoms with van der Waals surface area (Å²) in [7, 11) is 0. The van der Waals surface area contributed by atoms with E-state index in [0.717, 1.165) is 5.56 Å². The van der Waals surface area contributed by atoms with Gasteiger partial charge in [0.05, 0.1) is 0 Å². The van der Waals surface area contributed by atoms with E-state index in [2.05, 4.69) is 0 Å². The molecule has 25 heavy (non-hydrogen) atoms. The maximum Gasteiger partial charge on any atom is 0 e. The minimum Gasteiger partial charge on any atom is 0 e. The number of allylic oxidation sites excluding steroid dienone is 1. The summed E-state index contributed by atoms with van der Waals surface area (Å²) >= 11 is 1.27. The van der Waals surface area contributed by atoms with E-state index in [-0.39, 0.29) is 18.6 Å². The van der Waals surface area contributed by atoms with Gasteiger partial charge in [0.1, 0.15) is 0 Å². The number of para-hydroxylation sites is 1. The zero-order valence-corrected chi connectivity index (χ0v) is 17.9. The number of alkyl halides is 1. The largest absolute Gasteiger partial charge is 0 e. The van der Waals surface area contributed by atoms with Crippen molar-refractivity contribution in [2.24, 2.45) is 0 Å². The molecule has 0 unspecified atom stereocenters. The molecule has 0 aromatic heterocycles. The summed E-state index contributed by atoms with van der Waals surface area (Å²) in [5.74, 6) is 1.18. The van der Waals surface area contributed by atoms with Crippen molar-refractivity contribution in [3.63, 3.8) is 0 Å². The monoisotopic (exact) mass is 541 g/mol. The van der Waals surface area contributed by atoms with Crippen LogP contribution in [-0.4, -0.2) is 16.0 Å². The molecular weight excluding hydrogens is 523 g/mol. The zero-order valence-electron chi connectivity index (χ0n) is 13.6. The van der Waals surface area contributed by atoms with Crippen molar-refractivity contribution in [3.8, 4) is 5.75 Å². The van der Waals surface area contributed by atoms with Gasteiger partial charge >= 0.3 is 154 Å². The van der Waals surface area contributed by atoms with E-state index in [0.29, 0.717) is 23.8 Å². The second-order valence-electron chi connectivity index (χ2n) is 4.92. The molecule has 0 atom stereocenters. The van der Waals surface area contributed by atoms with Crippen molar-refractivity contribution in [1.82, 2.24) is 4.90 Å². The van der Waals surface area contributed by atoms with Crippen LogP contribution in [0, 0.1) is 13.1 Å². The molecule has 5 heteroatoms. The summed E-state index contributed by atoms with van der Waals surface area (Å²) in [6.07, 6.45) is 1.81. The Kier molecular flexibility index (Phi) is 10.4. The van der Waals surface area contributed by atoms with E-state index in [9.17, 15) is 4.39 Å². The molecule has 1 radical (unpaired) electrons. The van der Waals surface area contributed by atoms with Crippen molar-refractivity contribution in [3.05, 3.63) is 96.9 Å². The zero-order chi connectivity index (χ0) is 17.2. The van der Waals surface area contributed by atoms with Crippen LogP contribution in [0.4, 0.5) is 4.39 Å². The number of benzene rings is 2. The smallest absolute Gasteiger partial charge is 0 e. The Bertz CT molecular complexity index is 691. The first kappa shape index (κ1) is 21.6. The molecule has 0 saturated heterocycles. The molecule has 0 fully saturated rings. The van der Waals surface area contributed by atoms with Crippen molar-refractivity contribution in [2.45, 2.75) is 6.54 Å². The second kappa shape index (κ2) is 12.0. The van der Waals surface area contributed by atoms with E-state index < -0.39 is 6.67 Å². The predicted molar refractivity (Wildman–Crippen MR) is 91.3 cm³/mol. The fraction of sp³-hybridized carbons (Fsp3) is 0.100. The average molecular weight is 541 g/mol. The first-order chi connectivity index (χ1) is 11.7. The molecule has 0 N–H and O–H groups in total. The van der Waals surface area contributed by atoms with Crippen LogP contribution in [0.15, 0.2) is 78.2 Å². The average Bonchev–Trinajstić information content (AvgIpc) is 2.62. The fourth-order valence-corrected chi connectivity index (χ4v) is 2.55. The number of hydrogen-bond donors (Lipinski definition) is 0. The summed E-state index contributed by atoms with van der Waals surface area (Å²) in [6, 6.07) is 19.2. The number of ether oxygens (including phenoxy) is 1. The summed E-state index contributed by atoms with van der Waals surface area (Å²) in [5.41, 5.74) is 1.41. The molecule has 2 nitrogen and oxygen atoms in total. The molecule has 2 aromatic carbocycles. The third kappa shape index (κ3) is 7.15. The second-order valence-corrected chi connectivity index (χ2v) is 5.90. The molecule has 0 saturated carbocycles. The van der Waals surface area contributed by atoms with Crippen LogP contribution < -0.4 is 4.74 Å². The van der Waals surface area contributed by atoms with Gasteiger partial charge in [-0.15, -0.1) is 0 Å². The van der Waals surface area contributed by atoms with E-state index in [1.807, 2.05) is 71.1 Å². The van der Waals surface area contributed by atoms with Crippen LogP contribution in [0.25, 0.3) is 0 Å². The maximum absolute atomic E-state index is 13.0. The quantitative estimate of drug-likeness (QED) is 0.268. The van der Waals surface area contributed by atoms with Crippen LogP contribution >= 0.6 is 0 Å². The number of rotatable bonds is 9. The van der Waals surface area contributed by atoms with Crippen molar-refractivity contribution >= 4 is 4.40 Å². The number of nitrogens with zero attached hydrogens (tertiary/aromatic N) is 1. The molecule has 0 amide bonds. The standard InChI is InChI=1S/C20H18FNO.V.W/c1-3-20(23-19-12-8-5-9-13-19)17(2)22(15-14-21)16-18-10-6-4-7-11-18;;/h1-13,15H,14,16H2;;/q-2;;/b20-3+;;/i21-1;;. The van der Waals surface area contributed by atoms with Gasteiger partial charge in [-0.05, 0) is 0 Å². The Balaban J connectivity index is 0.00000312. The Hall–Kier alpha value is -1.41. The Morgan fingerprint density at radius 2 is 1.72 bits per heavy atom. The Labute approximate surface area is 171 Å². The van der Waals surface area contributed by atoms with Gasteiger partial charge in [-0.3, -0.25) is 0 Å².